The second-order valence-corrected chi connectivity index (χ2v) is 5.30. The van der Waals surface area contributed by atoms with Gasteiger partial charge in [-0.3, -0.25) is 0 Å². The highest BCUT2D eigenvalue weighted by atomic mass is 19.1. The number of aliphatic hydroxyl groups is 1. The summed E-state index contributed by atoms with van der Waals surface area (Å²) in [5, 5.41) is 13.8. The summed E-state index contributed by atoms with van der Waals surface area (Å²) in [5.41, 5.74) is 2.04. The third kappa shape index (κ3) is 3.33. The van der Waals surface area contributed by atoms with Gasteiger partial charge >= 0.3 is 0 Å². The number of aliphatic hydroxyl groups excluding tert-OH is 1. The van der Waals surface area contributed by atoms with E-state index in [4.69, 9.17) is 0 Å². The fraction of sp³-hybridized carbons (Fsp3) is 0.467. The molecule has 104 valence electrons. The molecule has 3 atom stereocenters. The highest BCUT2D eigenvalue weighted by molar-refractivity contribution is 5.83. The van der Waals surface area contributed by atoms with Crippen LogP contribution in [-0.4, -0.2) is 28.3 Å². The Kier molecular flexibility index (Phi) is 4.22. The lowest BCUT2D eigenvalue weighted by Gasteiger charge is -2.22. The van der Waals surface area contributed by atoms with E-state index < -0.39 is 0 Å². The molecule has 0 saturated heterocycles. The summed E-state index contributed by atoms with van der Waals surface area (Å²) in [6.07, 6.45) is 2.33. The third-order valence-corrected chi connectivity index (χ3v) is 3.53. The lowest BCUT2D eigenvalue weighted by molar-refractivity contribution is 0.147. The number of hydrogen-bond donors (Lipinski definition) is 3. The number of rotatable bonds is 5. The maximum absolute atomic E-state index is 13.3. The van der Waals surface area contributed by atoms with Crippen molar-refractivity contribution < 1.29 is 9.50 Å². The second kappa shape index (κ2) is 5.72. The van der Waals surface area contributed by atoms with Gasteiger partial charge in [0.2, 0.25) is 0 Å². The summed E-state index contributed by atoms with van der Waals surface area (Å²) in [7, 11) is 0. The molecule has 4 heteroatoms. The predicted molar refractivity (Wildman–Crippen MR) is 75.7 cm³/mol. The van der Waals surface area contributed by atoms with Crippen molar-refractivity contribution in [3.8, 4) is 0 Å². The third-order valence-electron chi connectivity index (χ3n) is 3.53. The molecule has 1 aromatic carbocycles. The zero-order chi connectivity index (χ0) is 14.0. The number of benzene rings is 1. The minimum atomic E-state index is -0.386. The highest BCUT2D eigenvalue weighted by Gasteiger charge is 2.14. The Morgan fingerprint density at radius 1 is 1.32 bits per heavy atom. The van der Waals surface area contributed by atoms with E-state index in [1.54, 1.807) is 19.1 Å². The Hall–Kier alpha value is -1.39. The Morgan fingerprint density at radius 3 is 2.74 bits per heavy atom. The number of hydrogen-bond acceptors (Lipinski definition) is 2. The van der Waals surface area contributed by atoms with Crippen molar-refractivity contribution in [2.75, 3.05) is 0 Å². The van der Waals surface area contributed by atoms with Crippen molar-refractivity contribution in [1.82, 2.24) is 10.3 Å². The first kappa shape index (κ1) is 14.0. The van der Waals surface area contributed by atoms with E-state index in [-0.39, 0.29) is 24.0 Å². The molecule has 0 radical (unpaired) electrons. The second-order valence-electron chi connectivity index (χ2n) is 5.30. The fourth-order valence-corrected chi connectivity index (χ4v) is 2.30. The Morgan fingerprint density at radius 2 is 2.05 bits per heavy atom. The standard InChI is InChI=1S/C15H21FN2O/c1-9(18-10(2)11(3)19)6-12-8-17-15-5-4-13(16)7-14(12)15/h4-5,7-11,17-19H,6H2,1-3H3/t9-,10+,11+/m0/s1. The summed E-state index contributed by atoms with van der Waals surface area (Å²) >= 11 is 0. The molecule has 2 rings (SSSR count). The summed E-state index contributed by atoms with van der Waals surface area (Å²) in [6.45, 7) is 5.79. The number of aromatic amines is 1. The summed E-state index contributed by atoms with van der Waals surface area (Å²) in [4.78, 5) is 3.15. The van der Waals surface area contributed by atoms with Crippen molar-refractivity contribution in [3.05, 3.63) is 35.8 Å². The molecule has 2 aromatic rings. The van der Waals surface area contributed by atoms with Gasteiger partial charge in [-0.15, -0.1) is 0 Å². The minimum absolute atomic E-state index is 0.0388. The molecule has 3 N–H and O–H groups in total. The van der Waals surface area contributed by atoms with Gasteiger partial charge in [-0.05, 0) is 51.0 Å². The molecular weight excluding hydrogens is 243 g/mol. The molecule has 0 amide bonds. The number of aromatic nitrogens is 1. The number of halogens is 1. The van der Waals surface area contributed by atoms with E-state index in [0.717, 1.165) is 22.9 Å². The quantitative estimate of drug-likeness (QED) is 0.777. The first-order valence-corrected chi connectivity index (χ1v) is 6.67. The molecule has 1 aromatic heterocycles. The van der Waals surface area contributed by atoms with Gasteiger partial charge in [0.15, 0.2) is 0 Å². The van der Waals surface area contributed by atoms with Crippen LogP contribution in [0.5, 0.6) is 0 Å². The van der Waals surface area contributed by atoms with Crippen molar-refractivity contribution in [1.29, 1.82) is 0 Å². The maximum Gasteiger partial charge on any atom is 0.123 e. The van der Waals surface area contributed by atoms with Crippen LogP contribution in [0.25, 0.3) is 10.9 Å². The van der Waals surface area contributed by atoms with Crippen LogP contribution in [0.2, 0.25) is 0 Å². The van der Waals surface area contributed by atoms with Gasteiger partial charge < -0.3 is 15.4 Å². The van der Waals surface area contributed by atoms with E-state index in [2.05, 4.69) is 17.2 Å². The molecule has 0 saturated carbocycles. The van der Waals surface area contributed by atoms with Crippen molar-refractivity contribution in [3.63, 3.8) is 0 Å². The number of fused-ring (bicyclic) bond motifs is 1. The molecule has 0 unspecified atom stereocenters. The maximum atomic E-state index is 13.3. The lowest BCUT2D eigenvalue weighted by atomic mass is 10.0. The molecule has 3 nitrogen and oxygen atoms in total. The van der Waals surface area contributed by atoms with E-state index in [0.29, 0.717) is 0 Å². The molecule has 0 spiro atoms. The molecule has 19 heavy (non-hydrogen) atoms. The van der Waals surface area contributed by atoms with Gasteiger partial charge in [0.25, 0.3) is 0 Å². The molecule has 1 heterocycles. The number of H-pyrrole nitrogens is 1. The van der Waals surface area contributed by atoms with Gasteiger partial charge in [-0.1, -0.05) is 0 Å². The summed E-state index contributed by atoms with van der Waals surface area (Å²) < 4.78 is 13.3. The zero-order valence-corrected chi connectivity index (χ0v) is 11.6. The van der Waals surface area contributed by atoms with Gasteiger partial charge in [0.1, 0.15) is 5.82 Å². The predicted octanol–water partition coefficient (Wildman–Crippen LogP) is 2.60. The van der Waals surface area contributed by atoms with Crippen molar-refractivity contribution in [2.24, 2.45) is 0 Å². The van der Waals surface area contributed by atoms with E-state index in [9.17, 15) is 9.50 Å². The monoisotopic (exact) mass is 264 g/mol. The molecular formula is C15H21FN2O. The smallest absolute Gasteiger partial charge is 0.123 e. The lowest BCUT2D eigenvalue weighted by Crippen LogP contribution is -2.41. The van der Waals surface area contributed by atoms with Crippen LogP contribution in [0.4, 0.5) is 4.39 Å². The van der Waals surface area contributed by atoms with Crippen LogP contribution in [0.3, 0.4) is 0 Å². The Bertz CT molecular complexity index is 550. The van der Waals surface area contributed by atoms with E-state index >= 15 is 0 Å². The molecule has 0 bridgehead atoms. The highest BCUT2D eigenvalue weighted by Crippen LogP contribution is 2.20. The number of nitrogens with one attached hydrogen (secondary N) is 2. The van der Waals surface area contributed by atoms with Gasteiger partial charge in [0, 0.05) is 29.2 Å². The minimum Gasteiger partial charge on any atom is -0.392 e. The first-order valence-electron chi connectivity index (χ1n) is 6.67. The summed E-state index contributed by atoms with van der Waals surface area (Å²) in [6, 6.07) is 5.03. The van der Waals surface area contributed by atoms with Gasteiger partial charge in [-0.25, -0.2) is 4.39 Å². The summed E-state index contributed by atoms with van der Waals surface area (Å²) in [5.74, 6) is -0.216. The van der Waals surface area contributed by atoms with Crippen LogP contribution < -0.4 is 5.32 Å². The Balaban J connectivity index is 2.10. The van der Waals surface area contributed by atoms with Crippen LogP contribution in [-0.2, 0) is 6.42 Å². The van der Waals surface area contributed by atoms with Gasteiger partial charge in [0.05, 0.1) is 6.10 Å². The van der Waals surface area contributed by atoms with E-state index in [1.165, 1.54) is 6.07 Å². The van der Waals surface area contributed by atoms with Crippen LogP contribution in [0.1, 0.15) is 26.3 Å². The van der Waals surface area contributed by atoms with Crippen molar-refractivity contribution in [2.45, 2.75) is 45.4 Å². The molecule has 0 aliphatic heterocycles. The average molecular weight is 264 g/mol. The van der Waals surface area contributed by atoms with E-state index in [1.807, 2.05) is 13.1 Å². The molecule has 0 aliphatic carbocycles. The average Bonchev–Trinajstić information content (AvgIpc) is 2.71. The van der Waals surface area contributed by atoms with Crippen LogP contribution in [0, 0.1) is 5.82 Å². The fourth-order valence-electron chi connectivity index (χ4n) is 2.30. The van der Waals surface area contributed by atoms with Crippen LogP contribution in [0.15, 0.2) is 24.4 Å². The zero-order valence-electron chi connectivity index (χ0n) is 11.6. The SMILES string of the molecule is C[C@@H](Cc1c[nH]c2ccc(F)cc12)N[C@H](C)[C@@H](C)O. The Labute approximate surface area is 112 Å². The van der Waals surface area contributed by atoms with Gasteiger partial charge in [-0.2, -0.15) is 0 Å². The first-order chi connectivity index (χ1) is 8.97. The van der Waals surface area contributed by atoms with Crippen LogP contribution >= 0.6 is 0 Å². The molecule has 0 aliphatic rings. The normalized spacial score (nSPS) is 16.5. The van der Waals surface area contributed by atoms with Crippen molar-refractivity contribution >= 4 is 10.9 Å². The topological polar surface area (TPSA) is 48.0 Å². The molecule has 0 fully saturated rings. The largest absolute Gasteiger partial charge is 0.392 e.